The van der Waals surface area contributed by atoms with Crippen LogP contribution in [0, 0.1) is 0 Å². The van der Waals surface area contributed by atoms with Crippen molar-refractivity contribution in [3.05, 3.63) is 64.4 Å². The van der Waals surface area contributed by atoms with Crippen LogP contribution in [-0.2, 0) is 19.3 Å². The van der Waals surface area contributed by atoms with Crippen molar-refractivity contribution in [2.45, 2.75) is 19.3 Å². The highest BCUT2D eigenvalue weighted by Crippen LogP contribution is 2.29. The molecular formula is C18H19ClF3N3. The van der Waals surface area contributed by atoms with Crippen molar-refractivity contribution in [1.82, 2.24) is 14.8 Å². The Bertz CT molecular complexity index is 695. The average Bonchev–Trinajstić information content (AvgIpc) is 2.56. The van der Waals surface area contributed by atoms with Crippen molar-refractivity contribution in [3.8, 4) is 0 Å². The molecule has 25 heavy (non-hydrogen) atoms. The van der Waals surface area contributed by atoms with E-state index in [-0.39, 0.29) is 0 Å². The van der Waals surface area contributed by atoms with E-state index in [0.717, 1.165) is 56.0 Å². The highest BCUT2D eigenvalue weighted by Gasteiger charge is 2.30. The van der Waals surface area contributed by atoms with E-state index in [1.807, 2.05) is 12.1 Å². The molecule has 134 valence electrons. The fraction of sp³-hybridized carbons (Fsp3) is 0.389. The molecule has 0 saturated carbocycles. The molecule has 1 fully saturated rings. The highest BCUT2D eigenvalue weighted by molar-refractivity contribution is 6.29. The van der Waals surface area contributed by atoms with Gasteiger partial charge in [0.05, 0.1) is 5.56 Å². The van der Waals surface area contributed by atoms with Gasteiger partial charge in [0.25, 0.3) is 0 Å². The van der Waals surface area contributed by atoms with Gasteiger partial charge in [-0.1, -0.05) is 23.7 Å². The number of rotatable bonds is 4. The first-order chi connectivity index (χ1) is 11.9. The van der Waals surface area contributed by atoms with Gasteiger partial charge in [0.1, 0.15) is 5.15 Å². The lowest BCUT2D eigenvalue weighted by Crippen LogP contribution is -2.45. The fourth-order valence-corrected chi connectivity index (χ4v) is 3.16. The van der Waals surface area contributed by atoms with Gasteiger partial charge in [-0.25, -0.2) is 4.98 Å². The lowest BCUT2D eigenvalue weighted by atomic mass is 10.1. The molecule has 2 aromatic rings. The summed E-state index contributed by atoms with van der Waals surface area (Å²) in [6.45, 7) is 5.12. The van der Waals surface area contributed by atoms with Gasteiger partial charge >= 0.3 is 6.18 Å². The second kappa shape index (κ2) is 7.72. The van der Waals surface area contributed by atoms with E-state index in [9.17, 15) is 13.2 Å². The molecule has 1 aliphatic rings. The highest BCUT2D eigenvalue weighted by atomic mass is 35.5. The Hall–Kier alpha value is -1.63. The van der Waals surface area contributed by atoms with Crippen molar-refractivity contribution in [2.24, 2.45) is 0 Å². The first-order valence-electron chi connectivity index (χ1n) is 8.11. The quantitative estimate of drug-likeness (QED) is 0.757. The topological polar surface area (TPSA) is 19.4 Å². The standard InChI is InChI=1S/C18H19ClF3N3/c19-17-11-15(5-6-23-17)13-25-9-7-24(8-10-25)12-14-1-3-16(4-2-14)18(20,21)22/h1-6,11H,7-10,12-13H2. The molecule has 1 saturated heterocycles. The van der Waals surface area contributed by atoms with Gasteiger partial charge in [-0.3, -0.25) is 9.80 Å². The van der Waals surface area contributed by atoms with E-state index < -0.39 is 11.7 Å². The minimum absolute atomic E-state index is 0.499. The van der Waals surface area contributed by atoms with E-state index in [1.165, 1.54) is 0 Å². The predicted octanol–water partition coefficient (Wildman–Crippen LogP) is 4.07. The van der Waals surface area contributed by atoms with E-state index >= 15 is 0 Å². The lowest BCUT2D eigenvalue weighted by molar-refractivity contribution is -0.137. The van der Waals surface area contributed by atoms with Crippen LogP contribution in [0.15, 0.2) is 42.6 Å². The summed E-state index contributed by atoms with van der Waals surface area (Å²) in [5.41, 5.74) is 1.44. The average molecular weight is 370 g/mol. The molecule has 0 unspecified atom stereocenters. The monoisotopic (exact) mass is 369 g/mol. The fourth-order valence-electron chi connectivity index (χ4n) is 2.96. The van der Waals surface area contributed by atoms with Crippen LogP contribution in [-0.4, -0.2) is 41.0 Å². The summed E-state index contributed by atoms with van der Waals surface area (Å²) in [4.78, 5) is 8.59. The first-order valence-corrected chi connectivity index (χ1v) is 8.49. The number of nitrogens with zero attached hydrogens (tertiary/aromatic N) is 3. The van der Waals surface area contributed by atoms with Crippen LogP contribution in [0.25, 0.3) is 0 Å². The largest absolute Gasteiger partial charge is 0.416 e. The molecule has 0 N–H and O–H groups in total. The zero-order valence-corrected chi connectivity index (χ0v) is 14.4. The van der Waals surface area contributed by atoms with E-state index in [1.54, 1.807) is 18.3 Å². The number of alkyl halides is 3. The Morgan fingerprint density at radius 1 is 0.880 bits per heavy atom. The van der Waals surface area contributed by atoms with Crippen molar-refractivity contribution < 1.29 is 13.2 Å². The summed E-state index contributed by atoms with van der Waals surface area (Å²) in [6, 6.07) is 9.26. The minimum atomic E-state index is -4.28. The summed E-state index contributed by atoms with van der Waals surface area (Å²) in [7, 11) is 0. The number of hydrogen-bond acceptors (Lipinski definition) is 3. The second-order valence-electron chi connectivity index (χ2n) is 6.23. The number of benzene rings is 1. The molecule has 0 spiro atoms. The third-order valence-corrected chi connectivity index (χ3v) is 4.56. The minimum Gasteiger partial charge on any atom is -0.297 e. The van der Waals surface area contributed by atoms with Crippen molar-refractivity contribution in [2.75, 3.05) is 26.2 Å². The molecular weight excluding hydrogens is 351 g/mol. The number of hydrogen-bond donors (Lipinski definition) is 0. The first kappa shape index (κ1) is 18.2. The molecule has 0 radical (unpaired) electrons. The van der Waals surface area contributed by atoms with Gasteiger partial charge in [-0.2, -0.15) is 13.2 Å². The molecule has 2 heterocycles. The molecule has 0 amide bonds. The van der Waals surface area contributed by atoms with E-state index in [0.29, 0.717) is 11.7 Å². The summed E-state index contributed by atoms with van der Waals surface area (Å²) >= 11 is 5.91. The van der Waals surface area contributed by atoms with Crippen LogP contribution in [0.4, 0.5) is 13.2 Å². The molecule has 0 bridgehead atoms. The summed E-state index contributed by atoms with van der Waals surface area (Å²) in [6.07, 6.45) is -2.57. The third-order valence-electron chi connectivity index (χ3n) is 4.35. The zero-order chi connectivity index (χ0) is 17.9. The molecule has 1 aliphatic heterocycles. The smallest absolute Gasteiger partial charge is 0.297 e. The number of aromatic nitrogens is 1. The Morgan fingerprint density at radius 2 is 1.44 bits per heavy atom. The third kappa shape index (κ3) is 5.17. The molecule has 1 aromatic heterocycles. The zero-order valence-electron chi connectivity index (χ0n) is 13.6. The SMILES string of the molecule is FC(F)(F)c1ccc(CN2CCN(Cc3ccnc(Cl)c3)CC2)cc1. The Kier molecular flexibility index (Phi) is 5.61. The maximum atomic E-state index is 12.6. The predicted molar refractivity (Wildman–Crippen MR) is 91.2 cm³/mol. The van der Waals surface area contributed by atoms with Crippen LogP contribution in [0.2, 0.25) is 5.15 Å². The molecule has 3 rings (SSSR count). The van der Waals surface area contributed by atoms with Crippen LogP contribution in [0.1, 0.15) is 16.7 Å². The molecule has 7 heteroatoms. The maximum absolute atomic E-state index is 12.6. The summed E-state index contributed by atoms with van der Waals surface area (Å²) in [5, 5.41) is 0.499. The van der Waals surface area contributed by atoms with Gasteiger partial charge in [-0.05, 0) is 35.4 Å². The van der Waals surface area contributed by atoms with Crippen molar-refractivity contribution in [1.29, 1.82) is 0 Å². The second-order valence-corrected chi connectivity index (χ2v) is 6.62. The normalized spacial score (nSPS) is 17.0. The van der Waals surface area contributed by atoms with Crippen LogP contribution >= 0.6 is 11.6 Å². The van der Waals surface area contributed by atoms with Crippen molar-refractivity contribution >= 4 is 11.6 Å². The van der Waals surface area contributed by atoms with Gasteiger partial charge < -0.3 is 0 Å². The lowest BCUT2D eigenvalue weighted by Gasteiger charge is -2.34. The maximum Gasteiger partial charge on any atom is 0.416 e. The molecule has 3 nitrogen and oxygen atoms in total. The van der Waals surface area contributed by atoms with E-state index in [4.69, 9.17) is 11.6 Å². The molecule has 0 aliphatic carbocycles. The number of halogens is 4. The number of pyridine rings is 1. The number of piperazine rings is 1. The summed E-state index contributed by atoms with van der Waals surface area (Å²) < 4.78 is 37.8. The summed E-state index contributed by atoms with van der Waals surface area (Å²) in [5.74, 6) is 0. The Morgan fingerprint density at radius 3 is 1.96 bits per heavy atom. The molecule has 1 aromatic carbocycles. The van der Waals surface area contributed by atoms with Gasteiger partial charge in [0.15, 0.2) is 0 Å². The Balaban J connectivity index is 1.49. The van der Waals surface area contributed by atoms with Crippen LogP contribution < -0.4 is 0 Å². The van der Waals surface area contributed by atoms with Gasteiger partial charge in [-0.15, -0.1) is 0 Å². The van der Waals surface area contributed by atoms with E-state index in [2.05, 4.69) is 14.8 Å². The van der Waals surface area contributed by atoms with Gasteiger partial charge in [0.2, 0.25) is 0 Å². The van der Waals surface area contributed by atoms with Crippen LogP contribution in [0.5, 0.6) is 0 Å². The van der Waals surface area contributed by atoms with Crippen LogP contribution in [0.3, 0.4) is 0 Å². The van der Waals surface area contributed by atoms with Gasteiger partial charge in [0, 0.05) is 45.5 Å². The van der Waals surface area contributed by atoms with Crippen molar-refractivity contribution in [3.63, 3.8) is 0 Å². The Labute approximate surface area is 150 Å². The molecule has 0 atom stereocenters.